The van der Waals surface area contributed by atoms with E-state index in [9.17, 15) is 0 Å². The minimum absolute atomic E-state index is 0.236. The third-order valence-corrected chi connectivity index (χ3v) is 4.15. The molecule has 1 N–H and O–H groups in total. The van der Waals surface area contributed by atoms with Gasteiger partial charge in [-0.2, -0.15) is 4.98 Å². The first-order valence-corrected chi connectivity index (χ1v) is 7.41. The van der Waals surface area contributed by atoms with Crippen molar-refractivity contribution < 1.29 is 0 Å². The zero-order chi connectivity index (χ0) is 13.0. The Labute approximate surface area is 118 Å². The number of anilines is 1. The molecule has 0 aliphatic heterocycles. The van der Waals surface area contributed by atoms with Gasteiger partial charge >= 0.3 is 0 Å². The second-order valence-electron chi connectivity index (χ2n) is 4.89. The van der Waals surface area contributed by atoms with Crippen LogP contribution in [-0.4, -0.2) is 16.0 Å². The zero-order valence-corrected chi connectivity index (χ0v) is 12.1. The molecule has 3 nitrogen and oxygen atoms in total. The van der Waals surface area contributed by atoms with Crippen LogP contribution >= 0.6 is 23.2 Å². The molecule has 0 amide bonds. The van der Waals surface area contributed by atoms with Gasteiger partial charge in [0.05, 0.1) is 6.20 Å². The molecule has 1 aromatic rings. The van der Waals surface area contributed by atoms with Crippen LogP contribution in [0.25, 0.3) is 0 Å². The van der Waals surface area contributed by atoms with E-state index in [-0.39, 0.29) is 5.28 Å². The molecule has 1 aromatic heterocycles. The molecule has 0 spiro atoms. The Bertz CT molecular complexity index is 392. The Morgan fingerprint density at radius 1 is 1.33 bits per heavy atom. The zero-order valence-electron chi connectivity index (χ0n) is 10.6. The van der Waals surface area contributed by atoms with Gasteiger partial charge in [-0.1, -0.05) is 37.8 Å². The third-order valence-electron chi connectivity index (χ3n) is 3.70. The Hall–Kier alpha value is -0.540. The molecule has 5 heteroatoms. The molecule has 18 heavy (non-hydrogen) atoms. The first kappa shape index (κ1) is 13.9. The SMILES string of the molecule is CCC(Nc1nc(Cl)ncc1Cl)C1CCCCC1. The summed E-state index contributed by atoms with van der Waals surface area (Å²) in [4.78, 5) is 8.03. The predicted molar refractivity (Wildman–Crippen MR) is 76.3 cm³/mol. The number of halogens is 2. The Morgan fingerprint density at radius 3 is 2.72 bits per heavy atom. The summed E-state index contributed by atoms with van der Waals surface area (Å²) in [5.41, 5.74) is 0. The van der Waals surface area contributed by atoms with Gasteiger partial charge in [-0.05, 0) is 36.8 Å². The number of hydrogen-bond acceptors (Lipinski definition) is 3. The van der Waals surface area contributed by atoms with Crippen LogP contribution in [0.3, 0.4) is 0 Å². The number of nitrogens with zero attached hydrogens (tertiary/aromatic N) is 2. The average molecular weight is 288 g/mol. The molecule has 1 aliphatic carbocycles. The fraction of sp³-hybridized carbons (Fsp3) is 0.692. The number of rotatable bonds is 4. The van der Waals surface area contributed by atoms with Gasteiger partial charge in [0.1, 0.15) is 10.8 Å². The van der Waals surface area contributed by atoms with Crippen molar-refractivity contribution >= 4 is 29.0 Å². The van der Waals surface area contributed by atoms with Crippen LogP contribution in [-0.2, 0) is 0 Å². The van der Waals surface area contributed by atoms with Crippen LogP contribution in [0.4, 0.5) is 5.82 Å². The van der Waals surface area contributed by atoms with E-state index in [0.29, 0.717) is 22.8 Å². The lowest BCUT2D eigenvalue weighted by molar-refractivity contribution is 0.312. The van der Waals surface area contributed by atoms with Gasteiger partial charge < -0.3 is 5.32 Å². The highest BCUT2D eigenvalue weighted by atomic mass is 35.5. The number of hydrogen-bond donors (Lipinski definition) is 1. The smallest absolute Gasteiger partial charge is 0.224 e. The summed E-state index contributed by atoms with van der Waals surface area (Å²) in [6, 6.07) is 0.425. The van der Waals surface area contributed by atoms with Gasteiger partial charge in [0.15, 0.2) is 0 Å². The molecule has 1 saturated carbocycles. The molecular formula is C13H19Cl2N3. The Morgan fingerprint density at radius 2 is 2.06 bits per heavy atom. The summed E-state index contributed by atoms with van der Waals surface area (Å²) < 4.78 is 0. The first-order valence-electron chi connectivity index (χ1n) is 6.65. The minimum Gasteiger partial charge on any atom is -0.366 e. The lowest BCUT2D eigenvalue weighted by atomic mass is 9.83. The highest BCUT2D eigenvalue weighted by Gasteiger charge is 2.23. The van der Waals surface area contributed by atoms with E-state index in [1.165, 1.54) is 32.1 Å². The largest absolute Gasteiger partial charge is 0.366 e. The lowest BCUT2D eigenvalue weighted by Gasteiger charge is -2.30. The van der Waals surface area contributed by atoms with Gasteiger partial charge in [0.25, 0.3) is 0 Å². The van der Waals surface area contributed by atoms with E-state index in [1.54, 1.807) is 6.20 Å². The van der Waals surface area contributed by atoms with Gasteiger partial charge in [0, 0.05) is 6.04 Å². The highest BCUT2D eigenvalue weighted by molar-refractivity contribution is 6.33. The lowest BCUT2D eigenvalue weighted by Crippen LogP contribution is -2.30. The molecule has 1 aliphatic rings. The number of aromatic nitrogens is 2. The van der Waals surface area contributed by atoms with E-state index >= 15 is 0 Å². The van der Waals surface area contributed by atoms with Crippen LogP contribution in [0.1, 0.15) is 45.4 Å². The maximum atomic E-state index is 6.09. The number of nitrogens with one attached hydrogen (secondary N) is 1. The third kappa shape index (κ3) is 3.48. The van der Waals surface area contributed by atoms with Crippen molar-refractivity contribution in [1.29, 1.82) is 0 Å². The van der Waals surface area contributed by atoms with Crippen molar-refractivity contribution in [2.75, 3.05) is 5.32 Å². The van der Waals surface area contributed by atoms with Crippen LogP contribution in [0, 0.1) is 5.92 Å². The monoisotopic (exact) mass is 287 g/mol. The quantitative estimate of drug-likeness (QED) is 0.826. The van der Waals surface area contributed by atoms with Crippen molar-refractivity contribution in [3.63, 3.8) is 0 Å². The van der Waals surface area contributed by atoms with E-state index in [0.717, 1.165) is 6.42 Å². The highest BCUT2D eigenvalue weighted by Crippen LogP contribution is 2.30. The standard InChI is InChI=1S/C13H19Cl2N3/c1-2-11(9-6-4-3-5-7-9)17-12-10(14)8-16-13(15)18-12/h8-9,11H,2-7H2,1H3,(H,16,17,18). The molecule has 0 aromatic carbocycles. The minimum atomic E-state index is 0.236. The predicted octanol–water partition coefficient (Wildman–Crippen LogP) is 4.55. The molecular weight excluding hydrogens is 269 g/mol. The summed E-state index contributed by atoms with van der Waals surface area (Å²) in [5.74, 6) is 1.38. The molecule has 2 rings (SSSR count). The first-order chi connectivity index (χ1) is 8.70. The summed E-state index contributed by atoms with van der Waals surface area (Å²) in [5, 5.41) is 4.21. The fourth-order valence-electron chi connectivity index (χ4n) is 2.71. The fourth-order valence-corrected chi connectivity index (χ4v) is 2.99. The molecule has 100 valence electrons. The van der Waals surface area contributed by atoms with Crippen LogP contribution in [0.5, 0.6) is 0 Å². The van der Waals surface area contributed by atoms with Gasteiger partial charge in [-0.15, -0.1) is 0 Å². The second-order valence-corrected chi connectivity index (χ2v) is 5.64. The van der Waals surface area contributed by atoms with E-state index < -0.39 is 0 Å². The normalized spacial score (nSPS) is 18.6. The maximum Gasteiger partial charge on any atom is 0.224 e. The van der Waals surface area contributed by atoms with E-state index in [1.807, 2.05) is 0 Å². The van der Waals surface area contributed by atoms with Gasteiger partial charge in [-0.3, -0.25) is 0 Å². The van der Waals surface area contributed by atoms with Crippen molar-refractivity contribution in [2.45, 2.75) is 51.5 Å². The Balaban J connectivity index is 2.06. The molecule has 0 radical (unpaired) electrons. The van der Waals surface area contributed by atoms with Crippen LogP contribution in [0.15, 0.2) is 6.20 Å². The molecule has 1 fully saturated rings. The van der Waals surface area contributed by atoms with Gasteiger partial charge in [-0.25, -0.2) is 4.98 Å². The molecule has 0 saturated heterocycles. The summed E-state index contributed by atoms with van der Waals surface area (Å²) >= 11 is 11.9. The van der Waals surface area contributed by atoms with Crippen LogP contribution in [0.2, 0.25) is 10.3 Å². The average Bonchev–Trinajstić information content (AvgIpc) is 2.41. The summed E-state index contributed by atoms with van der Waals surface area (Å²) in [6.07, 6.45) is 9.24. The van der Waals surface area contributed by atoms with Crippen molar-refractivity contribution in [3.8, 4) is 0 Å². The molecule has 1 atom stereocenters. The van der Waals surface area contributed by atoms with E-state index in [4.69, 9.17) is 23.2 Å². The van der Waals surface area contributed by atoms with Crippen LogP contribution < -0.4 is 5.32 Å². The molecule has 1 heterocycles. The topological polar surface area (TPSA) is 37.8 Å². The van der Waals surface area contributed by atoms with Crippen molar-refractivity contribution in [2.24, 2.45) is 5.92 Å². The van der Waals surface area contributed by atoms with Gasteiger partial charge in [0.2, 0.25) is 5.28 Å². The summed E-state index contributed by atoms with van der Waals surface area (Å²) in [6.45, 7) is 2.20. The molecule has 1 unspecified atom stereocenters. The van der Waals surface area contributed by atoms with Crippen molar-refractivity contribution in [1.82, 2.24) is 9.97 Å². The second kappa shape index (κ2) is 6.58. The van der Waals surface area contributed by atoms with E-state index in [2.05, 4.69) is 22.2 Å². The maximum absolute atomic E-state index is 6.09. The van der Waals surface area contributed by atoms with Crippen molar-refractivity contribution in [3.05, 3.63) is 16.5 Å². The molecule has 0 bridgehead atoms. The Kier molecular flexibility index (Phi) is 5.07. The summed E-state index contributed by atoms with van der Waals surface area (Å²) in [7, 11) is 0.